The Morgan fingerprint density at radius 3 is 2.70 bits per heavy atom. The van der Waals surface area contributed by atoms with Crippen molar-refractivity contribution in [2.75, 3.05) is 16.1 Å². The number of ketones is 1. The largest absolute Gasteiger partial charge is 0.357 e. The first-order valence-corrected chi connectivity index (χ1v) is 9.74. The lowest BCUT2D eigenvalue weighted by molar-refractivity contribution is -0.384. The lowest BCUT2D eigenvalue weighted by Gasteiger charge is -2.42. The fourth-order valence-corrected chi connectivity index (χ4v) is 4.41. The van der Waals surface area contributed by atoms with Gasteiger partial charge in [0.2, 0.25) is 5.91 Å². The number of amides is 1. The van der Waals surface area contributed by atoms with Crippen LogP contribution < -0.4 is 10.2 Å². The highest BCUT2D eigenvalue weighted by molar-refractivity contribution is 6.30. The predicted molar refractivity (Wildman–Crippen MR) is 102 cm³/mol. The monoisotopic (exact) mass is 389 g/mol. The van der Waals surface area contributed by atoms with E-state index in [9.17, 15) is 19.7 Å². The van der Waals surface area contributed by atoms with Crippen LogP contribution in [0.1, 0.15) is 38.5 Å². The second kappa shape index (κ2) is 6.96. The first kappa shape index (κ1) is 18.0. The summed E-state index contributed by atoms with van der Waals surface area (Å²) in [7, 11) is 0. The number of anilines is 2. The Morgan fingerprint density at radius 2 is 2.07 bits per heavy atom. The van der Waals surface area contributed by atoms with E-state index >= 15 is 0 Å². The molecule has 0 bridgehead atoms. The normalized spacial score (nSPS) is 22.3. The second-order valence-electron chi connectivity index (χ2n) is 7.29. The Morgan fingerprint density at radius 1 is 1.30 bits per heavy atom. The number of benzene rings is 1. The molecule has 1 unspecified atom stereocenters. The second-order valence-corrected chi connectivity index (χ2v) is 7.55. The highest BCUT2D eigenvalue weighted by Gasteiger charge is 2.44. The first-order chi connectivity index (χ1) is 13.0. The van der Waals surface area contributed by atoms with Gasteiger partial charge in [-0.15, -0.1) is 11.6 Å². The van der Waals surface area contributed by atoms with Crippen molar-refractivity contribution >= 4 is 40.4 Å². The molecule has 1 aromatic rings. The van der Waals surface area contributed by atoms with E-state index in [2.05, 4.69) is 5.32 Å². The van der Waals surface area contributed by atoms with Crippen molar-refractivity contribution < 1.29 is 14.5 Å². The van der Waals surface area contributed by atoms with E-state index < -0.39 is 4.92 Å². The molecule has 0 spiro atoms. The van der Waals surface area contributed by atoms with Crippen molar-refractivity contribution in [3.63, 3.8) is 0 Å². The minimum Gasteiger partial charge on any atom is -0.357 e. The Labute approximate surface area is 161 Å². The summed E-state index contributed by atoms with van der Waals surface area (Å²) >= 11 is 5.91. The quantitative estimate of drug-likeness (QED) is 0.482. The van der Waals surface area contributed by atoms with Crippen LogP contribution in [0.25, 0.3) is 0 Å². The summed E-state index contributed by atoms with van der Waals surface area (Å²) in [5, 5.41) is 14.5. The van der Waals surface area contributed by atoms with E-state index in [4.69, 9.17) is 11.6 Å². The topological polar surface area (TPSA) is 92.5 Å². The van der Waals surface area contributed by atoms with E-state index in [-0.39, 0.29) is 35.2 Å². The number of non-ortho nitro benzene ring substituents is 1. The zero-order valence-electron chi connectivity index (χ0n) is 14.7. The number of allylic oxidation sites excluding steroid dienone is 1. The molecule has 0 radical (unpaired) electrons. The molecule has 4 rings (SSSR count). The summed E-state index contributed by atoms with van der Waals surface area (Å²) in [5.41, 5.74) is 2.40. The van der Waals surface area contributed by atoms with Crippen LogP contribution >= 0.6 is 11.6 Å². The van der Waals surface area contributed by atoms with Crippen molar-refractivity contribution in [2.24, 2.45) is 5.92 Å². The van der Waals surface area contributed by atoms with Gasteiger partial charge in [0.05, 0.1) is 22.3 Å². The van der Waals surface area contributed by atoms with Gasteiger partial charge in [-0.3, -0.25) is 19.7 Å². The average Bonchev–Trinajstić information content (AvgIpc) is 2.74. The molecule has 8 heteroatoms. The molecule has 142 valence electrons. The summed E-state index contributed by atoms with van der Waals surface area (Å²) in [5.74, 6) is -0.253. The number of carbonyl (C=O) groups is 2. The molecular weight excluding hydrogens is 370 g/mol. The van der Waals surface area contributed by atoms with E-state index in [1.54, 1.807) is 11.0 Å². The maximum Gasteiger partial charge on any atom is 0.271 e. The summed E-state index contributed by atoms with van der Waals surface area (Å²) in [4.78, 5) is 38.0. The van der Waals surface area contributed by atoms with E-state index in [1.807, 2.05) is 0 Å². The summed E-state index contributed by atoms with van der Waals surface area (Å²) in [6.07, 6.45) is 4.85. The minimum absolute atomic E-state index is 0.0512. The number of nitro groups is 1. The van der Waals surface area contributed by atoms with Gasteiger partial charge in [0.15, 0.2) is 5.78 Å². The van der Waals surface area contributed by atoms with E-state index in [1.165, 1.54) is 12.1 Å². The first-order valence-electron chi connectivity index (χ1n) is 9.21. The molecule has 7 nitrogen and oxygen atoms in total. The number of fused-ring (bicyclic) bond motifs is 1. The van der Waals surface area contributed by atoms with Crippen molar-refractivity contribution in [3.05, 3.63) is 39.6 Å². The lowest BCUT2D eigenvalue weighted by Crippen LogP contribution is -2.50. The predicted octanol–water partition coefficient (Wildman–Crippen LogP) is 3.77. The highest BCUT2D eigenvalue weighted by Crippen LogP contribution is 2.46. The van der Waals surface area contributed by atoms with Gasteiger partial charge in [-0.1, -0.05) is 6.42 Å². The van der Waals surface area contributed by atoms with Gasteiger partial charge in [0, 0.05) is 29.8 Å². The van der Waals surface area contributed by atoms with Gasteiger partial charge < -0.3 is 10.2 Å². The third-order valence-electron chi connectivity index (χ3n) is 5.75. The number of Topliss-reactive ketones (excluding diaryl/α,β-unsaturated/α-hetero) is 1. The van der Waals surface area contributed by atoms with Gasteiger partial charge in [-0.05, 0) is 37.7 Å². The van der Waals surface area contributed by atoms with Crippen LogP contribution in [0.2, 0.25) is 0 Å². The molecule has 1 N–H and O–H groups in total. The molecule has 0 saturated heterocycles. The zero-order valence-corrected chi connectivity index (χ0v) is 15.5. The van der Waals surface area contributed by atoms with Crippen molar-refractivity contribution in [1.29, 1.82) is 0 Å². The van der Waals surface area contributed by atoms with Crippen LogP contribution in [0, 0.1) is 16.0 Å². The van der Waals surface area contributed by atoms with Crippen LogP contribution in [0.15, 0.2) is 29.5 Å². The van der Waals surface area contributed by atoms with Crippen LogP contribution in [-0.4, -0.2) is 28.5 Å². The Bertz CT molecular complexity index is 863. The molecule has 0 aromatic heterocycles. The van der Waals surface area contributed by atoms with Gasteiger partial charge in [-0.25, -0.2) is 0 Å². The van der Waals surface area contributed by atoms with Gasteiger partial charge in [0.25, 0.3) is 5.69 Å². The van der Waals surface area contributed by atoms with Crippen molar-refractivity contribution in [3.8, 4) is 0 Å². The minimum atomic E-state index is -0.467. The van der Waals surface area contributed by atoms with Crippen LogP contribution in [0.4, 0.5) is 17.1 Å². The number of carbonyl (C=O) groups excluding carboxylic acids is 2. The molecule has 1 heterocycles. The molecule has 1 amide bonds. The molecule has 2 aliphatic carbocycles. The van der Waals surface area contributed by atoms with Crippen molar-refractivity contribution in [1.82, 2.24) is 0 Å². The van der Waals surface area contributed by atoms with Gasteiger partial charge in [0.1, 0.15) is 5.88 Å². The van der Waals surface area contributed by atoms with Gasteiger partial charge in [-0.2, -0.15) is 0 Å². The molecule has 1 atom stereocenters. The Kier molecular flexibility index (Phi) is 4.63. The number of nitrogens with zero attached hydrogens (tertiary/aromatic N) is 2. The van der Waals surface area contributed by atoms with Crippen LogP contribution in [-0.2, 0) is 9.59 Å². The third kappa shape index (κ3) is 3.00. The Balaban J connectivity index is 1.93. The SMILES string of the molecule is O=C1CCCC2=C1C(C1CCC1)N(C(=O)CCl)c1ccc([N+](=O)[O-])cc1N2. The number of nitrogens with one attached hydrogen (secondary N) is 1. The molecule has 1 aromatic carbocycles. The molecule has 1 aliphatic heterocycles. The molecular formula is C19H20ClN3O4. The average molecular weight is 390 g/mol. The number of nitro benzene ring substituents is 1. The molecule has 27 heavy (non-hydrogen) atoms. The summed E-state index contributed by atoms with van der Waals surface area (Å²) in [6, 6.07) is 4.04. The fourth-order valence-electron chi connectivity index (χ4n) is 4.28. The molecule has 1 saturated carbocycles. The Hall–Kier alpha value is -2.41. The number of halogens is 1. The molecule has 3 aliphatic rings. The third-order valence-corrected chi connectivity index (χ3v) is 5.97. The summed E-state index contributed by atoms with van der Waals surface area (Å²) < 4.78 is 0. The number of hydrogen-bond donors (Lipinski definition) is 1. The van der Waals surface area contributed by atoms with Gasteiger partial charge >= 0.3 is 0 Å². The number of rotatable bonds is 3. The van der Waals surface area contributed by atoms with Crippen LogP contribution in [0.3, 0.4) is 0 Å². The van der Waals surface area contributed by atoms with Crippen molar-refractivity contribution in [2.45, 2.75) is 44.6 Å². The maximum absolute atomic E-state index is 12.8. The van der Waals surface area contributed by atoms with E-state index in [0.717, 1.165) is 31.4 Å². The highest BCUT2D eigenvalue weighted by atomic mass is 35.5. The number of alkyl halides is 1. The van der Waals surface area contributed by atoms with E-state index in [0.29, 0.717) is 29.8 Å². The summed E-state index contributed by atoms with van der Waals surface area (Å²) in [6.45, 7) is 0. The maximum atomic E-state index is 12.8. The van der Waals surface area contributed by atoms with Crippen LogP contribution in [0.5, 0.6) is 0 Å². The standard InChI is InChI=1S/C19H20ClN3O4/c20-10-17(25)22-15-8-7-12(23(26)27)9-14(15)21-13-5-2-6-16(24)18(13)19(22)11-3-1-4-11/h7-9,11,19,21H,1-6,10H2. The zero-order chi connectivity index (χ0) is 19.1. The molecule has 1 fully saturated rings. The fraction of sp³-hybridized carbons (Fsp3) is 0.474. The smallest absolute Gasteiger partial charge is 0.271 e. The lowest BCUT2D eigenvalue weighted by atomic mass is 9.73. The number of hydrogen-bond acceptors (Lipinski definition) is 5.